The smallest absolute Gasteiger partial charge is 0.270 e. The van der Waals surface area contributed by atoms with Crippen LogP contribution in [0, 0.1) is 5.82 Å². The van der Waals surface area contributed by atoms with Crippen molar-refractivity contribution in [1.82, 2.24) is 9.88 Å². The van der Waals surface area contributed by atoms with Crippen molar-refractivity contribution in [2.24, 2.45) is 0 Å². The van der Waals surface area contributed by atoms with Crippen molar-refractivity contribution in [1.29, 1.82) is 0 Å². The van der Waals surface area contributed by atoms with Crippen LogP contribution in [0.3, 0.4) is 0 Å². The Morgan fingerprint density at radius 1 is 1.38 bits per heavy atom. The highest BCUT2D eigenvalue weighted by Crippen LogP contribution is 2.32. The zero-order valence-corrected chi connectivity index (χ0v) is 12.6. The average molecular weight is 327 g/mol. The molecule has 1 aromatic heterocycles. The first kappa shape index (κ1) is 14.4. The monoisotopic (exact) mass is 326 g/mol. The largest absolute Gasteiger partial charge is 0.356 e. The van der Waals surface area contributed by atoms with Gasteiger partial charge in [-0.3, -0.25) is 4.79 Å². The summed E-state index contributed by atoms with van der Waals surface area (Å²) in [6.07, 6.45) is 3.40. The fraction of sp³-hybridized carbons (Fsp3) is 0.267. The SMILES string of the molecule is O=C(c1cc(Cl)c[nH]1)N(Cc1c(F)cccc1Cl)C1CC1. The van der Waals surface area contributed by atoms with Crippen LogP contribution in [-0.4, -0.2) is 21.8 Å². The van der Waals surface area contributed by atoms with Gasteiger partial charge in [-0.2, -0.15) is 0 Å². The van der Waals surface area contributed by atoms with Crippen LogP contribution in [0.5, 0.6) is 0 Å². The molecule has 0 bridgehead atoms. The number of hydrogen-bond acceptors (Lipinski definition) is 1. The Morgan fingerprint density at radius 3 is 2.71 bits per heavy atom. The van der Waals surface area contributed by atoms with E-state index in [1.165, 1.54) is 6.07 Å². The van der Waals surface area contributed by atoms with Gasteiger partial charge in [0, 0.05) is 22.8 Å². The number of nitrogens with one attached hydrogen (secondary N) is 1. The molecular weight excluding hydrogens is 314 g/mol. The van der Waals surface area contributed by atoms with E-state index in [0.29, 0.717) is 21.3 Å². The summed E-state index contributed by atoms with van der Waals surface area (Å²) >= 11 is 11.9. The molecule has 3 nitrogen and oxygen atoms in total. The van der Waals surface area contributed by atoms with E-state index in [1.807, 2.05) is 0 Å². The normalized spacial score (nSPS) is 14.2. The van der Waals surface area contributed by atoms with Crippen LogP contribution in [0.15, 0.2) is 30.5 Å². The van der Waals surface area contributed by atoms with Crippen LogP contribution in [-0.2, 0) is 6.54 Å². The molecule has 1 fully saturated rings. The molecule has 110 valence electrons. The van der Waals surface area contributed by atoms with Crippen LogP contribution >= 0.6 is 23.2 Å². The van der Waals surface area contributed by atoms with E-state index in [1.54, 1.807) is 29.3 Å². The number of halogens is 3. The first-order chi connectivity index (χ1) is 10.1. The minimum Gasteiger partial charge on any atom is -0.356 e. The first-order valence-electron chi connectivity index (χ1n) is 6.64. The van der Waals surface area contributed by atoms with Gasteiger partial charge in [0.05, 0.1) is 11.6 Å². The average Bonchev–Trinajstić information content (AvgIpc) is 3.19. The Labute approximate surface area is 131 Å². The third kappa shape index (κ3) is 3.06. The van der Waals surface area contributed by atoms with Crippen LogP contribution in [0.4, 0.5) is 4.39 Å². The van der Waals surface area contributed by atoms with E-state index in [4.69, 9.17) is 23.2 Å². The van der Waals surface area contributed by atoms with Crippen molar-refractivity contribution in [3.05, 3.63) is 57.6 Å². The molecule has 0 unspecified atom stereocenters. The van der Waals surface area contributed by atoms with Gasteiger partial charge in [-0.05, 0) is 31.0 Å². The lowest BCUT2D eigenvalue weighted by molar-refractivity contribution is 0.0723. The molecular formula is C15H13Cl2FN2O. The molecule has 0 saturated heterocycles. The highest BCUT2D eigenvalue weighted by molar-refractivity contribution is 6.31. The molecule has 0 atom stereocenters. The number of aromatic amines is 1. The molecule has 6 heteroatoms. The van der Waals surface area contributed by atoms with Crippen LogP contribution in [0.25, 0.3) is 0 Å². The van der Waals surface area contributed by atoms with Crippen molar-refractivity contribution in [2.75, 3.05) is 0 Å². The van der Waals surface area contributed by atoms with Gasteiger partial charge in [0.2, 0.25) is 0 Å². The van der Waals surface area contributed by atoms with Crippen LogP contribution < -0.4 is 0 Å². The topological polar surface area (TPSA) is 36.1 Å². The Bertz CT molecular complexity index is 662. The Morgan fingerprint density at radius 2 is 2.14 bits per heavy atom. The van der Waals surface area contributed by atoms with Gasteiger partial charge < -0.3 is 9.88 Å². The molecule has 1 aliphatic carbocycles. The van der Waals surface area contributed by atoms with E-state index >= 15 is 0 Å². The van der Waals surface area contributed by atoms with E-state index in [2.05, 4.69) is 4.98 Å². The van der Waals surface area contributed by atoms with Gasteiger partial charge in [-0.1, -0.05) is 29.3 Å². The maximum absolute atomic E-state index is 13.9. The molecule has 0 radical (unpaired) electrons. The van der Waals surface area contributed by atoms with Crippen molar-refractivity contribution in [3.8, 4) is 0 Å². The molecule has 0 spiro atoms. The lowest BCUT2D eigenvalue weighted by atomic mass is 10.2. The van der Waals surface area contributed by atoms with Gasteiger partial charge >= 0.3 is 0 Å². The van der Waals surface area contributed by atoms with Crippen molar-refractivity contribution >= 4 is 29.1 Å². The fourth-order valence-electron chi connectivity index (χ4n) is 2.25. The van der Waals surface area contributed by atoms with Crippen LogP contribution in [0.1, 0.15) is 28.9 Å². The highest BCUT2D eigenvalue weighted by atomic mass is 35.5. The molecule has 1 N–H and O–H groups in total. The van der Waals surface area contributed by atoms with E-state index in [9.17, 15) is 9.18 Å². The number of hydrogen-bond donors (Lipinski definition) is 1. The Kier molecular flexibility index (Phi) is 3.91. The van der Waals surface area contributed by atoms with Gasteiger partial charge in [-0.15, -0.1) is 0 Å². The van der Waals surface area contributed by atoms with Gasteiger partial charge in [-0.25, -0.2) is 4.39 Å². The third-order valence-electron chi connectivity index (χ3n) is 3.52. The second kappa shape index (κ2) is 5.70. The van der Waals surface area contributed by atoms with Gasteiger partial charge in [0.25, 0.3) is 5.91 Å². The van der Waals surface area contributed by atoms with Gasteiger partial charge in [0.15, 0.2) is 0 Å². The maximum atomic E-state index is 13.9. The number of carbonyl (C=O) groups excluding carboxylic acids is 1. The number of benzene rings is 1. The summed E-state index contributed by atoms with van der Waals surface area (Å²) in [5.41, 5.74) is 0.747. The molecule has 0 aliphatic heterocycles. The minimum absolute atomic E-state index is 0.134. The molecule has 2 aromatic rings. The predicted octanol–water partition coefficient (Wildman–Crippen LogP) is 4.27. The molecule has 1 saturated carbocycles. The summed E-state index contributed by atoms with van der Waals surface area (Å²) < 4.78 is 13.9. The summed E-state index contributed by atoms with van der Waals surface area (Å²) in [4.78, 5) is 17.0. The third-order valence-corrected chi connectivity index (χ3v) is 4.09. The predicted molar refractivity (Wildman–Crippen MR) is 80.1 cm³/mol. The summed E-state index contributed by atoms with van der Waals surface area (Å²) in [7, 11) is 0. The number of carbonyl (C=O) groups is 1. The van der Waals surface area contributed by atoms with Gasteiger partial charge in [0.1, 0.15) is 11.5 Å². The quantitative estimate of drug-likeness (QED) is 0.895. The number of rotatable bonds is 4. The lowest BCUT2D eigenvalue weighted by Gasteiger charge is -2.22. The van der Waals surface area contributed by atoms with Crippen LogP contribution in [0.2, 0.25) is 10.0 Å². The molecule has 21 heavy (non-hydrogen) atoms. The summed E-state index contributed by atoms with van der Waals surface area (Å²) in [6, 6.07) is 6.23. The van der Waals surface area contributed by atoms with E-state index in [-0.39, 0.29) is 18.5 Å². The van der Waals surface area contributed by atoms with Crippen molar-refractivity contribution < 1.29 is 9.18 Å². The lowest BCUT2D eigenvalue weighted by Crippen LogP contribution is -2.33. The number of H-pyrrole nitrogens is 1. The standard InChI is InChI=1S/C15H13Cl2FN2O/c16-9-6-14(19-7-9)15(21)20(10-4-5-10)8-11-12(17)2-1-3-13(11)18/h1-3,6-7,10,19H,4-5,8H2. The molecule has 1 amide bonds. The number of nitrogens with zero attached hydrogens (tertiary/aromatic N) is 1. The summed E-state index contributed by atoms with van der Waals surface area (Å²) in [5, 5.41) is 0.802. The molecule has 1 heterocycles. The second-order valence-corrected chi connectivity index (χ2v) is 5.94. The molecule has 3 rings (SSSR count). The zero-order chi connectivity index (χ0) is 15.0. The summed E-state index contributed by atoms with van der Waals surface area (Å²) in [5.74, 6) is -0.589. The Balaban J connectivity index is 1.87. The van der Waals surface area contributed by atoms with E-state index < -0.39 is 5.82 Å². The summed E-state index contributed by atoms with van der Waals surface area (Å²) in [6.45, 7) is 0.158. The second-order valence-electron chi connectivity index (χ2n) is 5.10. The number of amides is 1. The maximum Gasteiger partial charge on any atom is 0.270 e. The molecule has 1 aliphatic rings. The molecule has 1 aromatic carbocycles. The van der Waals surface area contributed by atoms with Crippen molar-refractivity contribution in [3.63, 3.8) is 0 Å². The zero-order valence-electron chi connectivity index (χ0n) is 11.1. The Hall–Kier alpha value is -1.52. The first-order valence-corrected chi connectivity index (χ1v) is 7.39. The highest BCUT2D eigenvalue weighted by Gasteiger charge is 2.34. The van der Waals surface area contributed by atoms with Crippen molar-refractivity contribution in [2.45, 2.75) is 25.4 Å². The number of aromatic nitrogens is 1. The van der Waals surface area contributed by atoms with E-state index in [0.717, 1.165) is 12.8 Å². The fourth-order valence-corrected chi connectivity index (χ4v) is 2.64. The minimum atomic E-state index is -0.398.